The molecule has 7 nitrogen and oxygen atoms in total. The quantitative estimate of drug-likeness (QED) is 0.640. The van der Waals surface area contributed by atoms with E-state index in [0.29, 0.717) is 12.1 Å². The number of esters is 1. The van der Waals surface area contributed by atoms with Gasteiger partial charge < -0.3 is 15.6 Å². The fraction of sp³-hybridized carbons (Fsp3) is 0.357. The summed E-state index contributed by atoms with van der Waals surface area (Å²) in [5.74, 6) is -2.52. The zero-order chi connectivity index (χ0) is 15.6. The minimum absolute atomic E-state index is 0. The van der Waals surface area contributed by atoms with Crippen LogP contribution in [0, 0.1) is 0 Å². The van der Waals surface area contributed by atoms with Crippen molar-refractivity contribution in [3.05, 3.63) is 35.6 Å². The van der Waals surface area contributed by atoms with E-state index in [0.717, 1.165) is 5.56 Å². The molecule has 2 N–H and O–H groups in total. The number of nitrogens with zero attached hydrogens (tertiary/aromatic N) is 1. The first-order chi connectivity index (χ1) is 9.95. The number of anilines is 1. The van der Waals surface area contributed by atoms with Gasteiger partial charge in [0.05, 0.1) is 7.11 Å². The van der Waals surface area contributed by atoms with Crippen molar-refractivity contribution in [2.24, 2.45) is 0 Å². The van der Waals surface area contributed by atoms with Gasteiger partial charge in [0, 0.05) is 39.6 Å². The number of nitrogens with one attached hydrogen (secondary N) is 1. The Kier molecular flexibility index (Phi) is 6.26. The van der Waals surface area contributed by atoms with Crippen LogP contribution in [-0.2, 0) is 46.6 Å². The third-order valence-electron chi connectivity index (χ3n) is 3.36. The molecule has 0 aromatic heterocycles. The summed E-state index contributed by atoms with van der Waals surface area (Å²) < 4.78 is 4.70. The molecule has 8 heteroatoms. The van der Waals surface area contributed by atoms with Crippen molar-refractivity contribution in [2.45, 2.75) is 24.9 Å². The molecule has 1 heterocycles. The maximum Gasteiger partial charge on any atom is 0.329 e. The predicted molar refractivity (Wildman–Crippen MR) is 73.8 cm³/mol. The number of hydrogen-bond donors (Lipinski definition) is 1. The Balaban J connectivity index is 0.00000242. The van der Waals surface area contributed by atoms with Crippen molar-refractivity contribution in [2.75, 3.05) is 12.0 Å². The zero-order valence-electron chi connectivity index (χ0n) is 11.7. The van der Waals surface area contributed by atoms with Gasteiger partial charge in [-0.05, 0) is 17.7 Å². The molecule has 1 aromatic carbocycles. The summed E-state index contributed by atoms with van der Waals surface area (Å²) in [5.41, 5.74) is 9.00. The number of ether oxygens (including phenoxy) is 1. The number of carboxylic acids is 1. The molecular weight excluding hydrogens is 471 g/mol. The molecule has 2 unspecified atom stereocenters. The summed E-state index contributed by atoms with van der Waals surface area (Å²) >= 11 is 0. The minimum Gasteiger partial charge on any atom is -0.666 e. The van der Waals surface area contributed by atoms with Gasteiger partial charge in [0.1, 0.15) is 6.04 Å². The van der Waals surface area contributed by atoms with E-state index >= 15 is 0 Å². The Morgan fingerprint density at radius 1 is 1.41 bits per heavy atom. The van der Waals surface area contributed by atoms with Gasteiger partial charge in [-0.1, -0.05) is 18.2 Å². The summed E-state index contributed by atoms with van der Waals surface area (Å²) in [7, 11) is 1.23. The van der Waals surface area contributed by atoms with Gasteiger partial charge in [-0.2, -0.15) is 0 Å². The molecule has 0 saturated heterocycles. The van der Waals surface area contributed by atoms with Crippen LogP contribution in [0.1, 0.15) is 12.0 Å². The molecule has 1 aliphatic rings. The topological polar surface area (TPSA) is 108 Å². The van der Waals surface area contributed by atoms with Crippen molar-refractivity contribution in [1.29, 1.82) is 0 Å². The van der Waals surface area contributed by atoms with Crippen LogP contribution in [0.2, 0.25) is 0 Å². The van der Waals surface area contributed by atoms with E-state index < -0.39 is 36.4 Å². The smallest absolute Gasteiger partial charge is 0.329 e. The fourth-order valence-electron chi connectivity index (χ4n) is 2.41. The number of hydrogen-bond acceptors (Lipinski definition) is 4. The largest absolute Gasteiger partial charge is 0.666 e. The van der Waals surface area contributed by atoms with Crippen LogP contribution in [0.4, 0.5) is 5.69 Å². The second-order valence-corrected chi connectivity index (χ2v) is 4.73. The van der Waals surface area contributed by atoms with E-state index in [1.165, 1.54) is 12.0 Å². The van der Waals surface area contributed by atoms with Gasteiger partial charge in [-0.25, -0.2) is 4.79 Å². The molecule has 0 radical (unpaired) electrons. The van der Waals surface area contributed by atoms with Gasteiger partial charge in [0.25, 0.3) is 0 Å². The van der Waals surface area contributed by atoms with Gasteiger partial charge in [0.15, 0.2) is 0 Å². The maximum absolute atomic E-state index is 12.3. The number of fused-ring (bicyclic) bond motifs is 1. The van der Waals surface area contributed by atoms with Crippen molar-refractivity contribution >= 4 is 23.5 Å². The number of methoxy groups -OCH3 is 1. The SMILES string of the molecule is COC(=O)C1Cc2ccccc2N1C(=O)C([NH-])CC(=O)O.[Pt]. The normalized spacial score (nSPS) is 17.2. The molecular formula is C14H15N2O5Pt-. The molecule has 1 aliphatic heterocycles. The Morgan fingerprint density at radius 2 is 2.05 bits per heavy atom. The van der Waals surface area contributed by atoms with Crippen LogP contribution >= 0.6 is 0 Å². The van der Waals surface area contributed by atoms with Crippen molar-refractivity contribution < 1.29 is 45.3 Å². The molecule has 1 aromatic rings. The number of rotatable bonds is 4. The first-order valence-electron chi connectivity index (χ1n) is 6.37. The summed E-state index contributed by atoms with van der Waals surface area (Å²) in [6, 6.07) is 4.66. The van der Waals surface area contributed by atoms with E-state index in [1.807, 2.05) is 0 Å². The standard InChI is InChI=1S/C14H15N2O5.Pt/c1-21-14(20)11-6-8-4-2-3-5-10(8)16(11)13(19)9(15)7-12(17)18;/h2-5,9,11,15H,6-7H2,1H3,(H,17,18);/q-1;. The molecule has 22 heavy (non-hydrogen) atoms. The van der Waals surface area contributed by atoms with Crippen LogP contribution in [0.5, 0.6) is 0 Å². The van der Waals surface area contributed by atoms with Crippen LogP contribution in [0.25, 0.3) is 5.73 Å². The van der Waals surface area contributed by atoms with E-state index in [2.05, 4.69) is 0 Å². The fourth-order valence-corrected chi connectivity index (χ4v) is 2.41. The van der Waals surface area contributed by atoms with Gasteiger partial charge in [0.2, 0.25) is 5.91 Å². The molecule has 122 valence electrons. The second kappa shape index (κ2) is 7.51. The average Bonchev–Trinajstić information content (AvgIpc) is 2.84. The van der Waals surface area contributed by atoms with E-state index in [1.54, 1.807) is 24.3 Å². The average molecular weight is 486 g/mol. The summed E-state index contributed by atoms with van der Waals surface area (Å²) in [6.45, 7) is 0. The Hall–Kier alpha value is -1.72. The summed E-state index contributed by atoms with van der Waals surface area (Å²) in [6.07, 6.45) is -0.306. The molecule has 2 atom stereocenters. The number of carboxylic acid groups (broad SMARTS) is 1. The maximum atomic E-state index is 12.3. The monoisotopic (exact) mass is 486 g/mol. The third kappa shape index (κ3) is 3.54. The zero-order valence-corrected chi connectivity index (χ0v) is 14.0. The molecule has 1 amide bonds. The Morgan fingerprint density at radius 3 is 2.64 bits per heavy atom. The first-order valence-corrected chi connectivity index (χ1v) is 6.37. The number of benzene rings is 1. The molecule has 2 rings (SSSR count). The number of carbonyl (C=O) groups excluding carboxylic acids is 2. The van der Waals surface area contributed by atoms with Crippen molar-refractivity contribution in [1.82, 2.24) is 0 Å². The number of aliphatic carboxylic acids is 1. The Labute approximate surface area is 141 Å². The molecule has 0 fully saturated rings. The van der Waals surface area contributed by atoms with Crippen LogP contribution in [0.15, 0.2) is 24.3 Å². The Bertz CT molecular complexity index is 592. The molecule has 0 saturated carbocycles. The van der Waals surface area contributed by atoms with E-state index in [9.17, 15) is 14.4 Å². The van der Waals surface area contributed by atoms with Gasteiger partial charge >= 0.3 is 11.9 Å². The predicted octanol–water partition coefficient (Wildman–Crippen LogP) is 1.01. The summed E-state index contributed by atoms with van der Waals surface area (Å²) in [5, 5.41) is 8.71. The third-order valence-corrected chi connectivity index (χ3v) is 3.36. The molecule has 0 spiro atoms. The van der Waals surface area contributed by atoms with Crippen molar-refractivity contribution in [3.8, 4) is 0 Å². The van der Waals surface area contributed by atoms with Crippen LogP contribution in [0.3, 0.4) is 0 Å². The van der Waals surface area contributed by atoms with Crippen LogP contribution in [-0.4, -0.2) is 42.1 Å². The molecule has 0 bridgehead atoms. The first kappa shape index (κ1) is 18.3. The minimum atomic E-state index is -1.46. The van der Waals surface area contributed by atoms with Gasteiger partial charge in [-0.3, -0.25) is 14.5 Å². The number of para-hydroxylation sites is 1. The summed E-state index contributed by atoms with van der Waals surface area (Å²) in [4.78, 5) is 36.0. The van der Waals surface area contributed by atoms with Gasteiger partial charge in [-0.15, -0.1) is 0 Å². The number of carbonyl (C=O) groups is 3. The van der Waals surface area contributed by atoms with Crippen LogP contribution < -0.4 is 4.90 Å². The van der Waals surface area contributed by atoms with E-state index in [4.69, 9.17) is 15.6 Å². The van der Waals surface area contributed by atoms with Crippen molar-refractivity contribution in [3.63, 3.8) is 0 Å². The second-order valence-electron chi connectivity index (χ2n) is 4.73. The van der Waals surface area contributed by atoms with E-state index in [-0.39, 0.29) is 21.1 Å². The molecule has 0 aliphatic carbocycles. The number of amides is 1.